The van der Waals surface area contributed by atoms with Crippen molar-refractivity contribution in [2.75, 3.05) is 6.54 Å². The Balaban J connectivity index is 2.41. The van der Waals surface area contributed by atoms with Crippen molar-refractivity contribution in [1.29, 1.82) is 0 Å². The second-order valence-corrected chi connectivity index (χ2v) is 6.27. The lowest BCUT2D eigenvalue weighted by Crippen LogP contribution is -2.45. The Morgan fingerprint density at radius 3 is 2.53 bits per heavy atom. The van der Waals surface area contributed by atoms with E-state index in [2.05, 4.69) is 10.6 Å². The fourth-order valence-corrected chi connectivity index (χ4v) is 1.93. The van der Waals surface area contributed by atoms with E-state index in [4.69, 9.17) is 11.6 Å². The molecule has 0 aliphatic heterocycles. The first-order chi connectivity index (χ1) is 8.78. The van der Waals surface area contributed by atoms with Crippen LogP contribution in [0.3, 0.4) is 0 Å². The van der Waals surface area contributed by atoms with Crippen molar-refractivity contribution >= 4 is 17.5 Å². The molecule has 0 fully saturated rings. The Hall–Kier alpha value is -1.06. The molecule has 0 aromatic heterocycles. The lowest BCUT2D eigenvalue weighted by atomic mass is 10.1. The fraction of sp³-hybridized carbons (Fsp3) is 0.533. The highest BCUT2D eigenvalue weighted by molar-refractivity contribution is 6.31. The second-order valence-electron chi connectivity index (χ2n) is 5.87. The summed E-state index contributed by atoms with van der Waals surface area (Å²) in [6.07, 6.45) is 0.737. The van der Waals surface area contributed by atoms with Crippen molar-refractivity contribution in [1.82, 2.24) is 10.6 Å². The molecule has 0 heterocycles. The molecule has 3 nitrogen and oxygen atoms in total. The number of nitrogens with one attached hydrogen (secondary N) is 2. The molecular weight excluding hydrogens is 260 g/mol. The summed E-state index contributed by atoms with van der Waals surface area (Å²) in [5.41, 5.74) is 1.00. The van der Waals surface area contributed by atoms with Gasteiger partial charge in [0, 0.05) is 16.6 Å². The summed E-state index contributed by atoms with van der Waals surface area (Å²) >= 11 is 6.10. The molecule has 2 N–H and O–H groups in total. The van der Waals surface area contributed by atoms with Gasteiger partial charge in [-0.3, -0.25) is 4.79 Å². The van der Waals surface area contributed by atoms with Crippen LogP contribution in [0, 0.1) is 0 Å². The predicted molar refractivity (Wildman–Crippen MR) is 80.5 cm³/mol. The van der Waals surface area contributed by atoms with Crippen LogP contribution in [0.25, 0.3) is 0 Å². The molecular formula is C15H23ClN2O. The van der Waals surface area contributed by atoms with Gasteiger partial charge in [0.25, 0.3) is 0 Å². The van der Waals surface area contributed by atoms with Gasteiger partial charge in [-0.15, -0.1) is 0 Å². The predicted octanol–water partition coefficient (Wildman–Crippen LogP) is 2.78. The first kappa shape index (κ1) is 16.0. The molecule has 1 atom stereocenters. The quantitative estimate of drug-likeness (QED) is 0.872. The summed E-state index contributed by atoms with van der Waals surface area (Å²) < 4.78 is 0. The van der Waals surface area contributed by atoms with Crippen molar-refractivity contribution in [3.05, 3.63) is 34.9 Å². The molecule has 1 aromatic rings. The Morgan fingerprint density at radius 1 is 1.32 bits per heavy atom. The Labute approximate surface area is 120 Å². The van der Waals surface area contributed by atoms with Crippen LogP contribution < -0.4 is 10.6 Å². The van der Waals surface area contributed by atoms with E-state index in [1.165, 1.54) is 0 Å². The van der Waals surface area contributed by atoms with E-state index in [0.717, 1.165) is 17.0 Å². The lowest BCUT2D eigenvalue weighted by Gasteiger charge is -2.21. The van der Waals surface area contributed by atoms with Crippen molar-refractivity contribution in [3.63, 3.8) is 0 Å². The van der Waals surface area contributed by atoms with Crippen molar-refractivity contribution in [3.8, 4) is 0 Å². The van der Waals surface area contributed by atoms with Crippen LogP contribution in [0.15, 0.2) is 24.3 Å². The number of hydrogen-bond donors (Lipinski definition) is 2. The third-order valence-electron chi connectivity index (χ3n) is 2.67. The first-order valence-electron chi connectivity index (χ1n) is 6.56. The summed E-state index contributed by atoms with van der Waals surface area (Å²) in [5.74, 6) is 0.00878. The largest absolute Gasteiger partial charge is 0.352 e. The third-order valence-corrected chi connectivity index (χ3v) is 3.04. The van der Waals surface area contributed by atoms with Gasteiger partial charge in [-0.2, -0.15) is 0 Å². The summed E-state index contributed by atoms with van der Waals surface area (Å²) in [5, 5.41) is 6.88. The number of halogens is 1. The molecule has 1 aromatic carbocycles. The number of hydrogen-bond acceptors (Lipinski definition) is 2. The molecule has 0 aliphatic rings. The number of amides is 1. The van der Waals surface area contributed by atoms with E-state index in [-0.39, 0.29) is 17.5 Å². The normalized spacial score (nSPS) is 13.1. The maximum absolute atomic E-state index is 11.8. The average Bonchev–Trinajstić information content (AvgIpc) is 2.29. The van der Waals surface area contributed by atoms with Crippen LogP contribution >= 0.6 is 11.6 Å². The summed E-state index contributed by atoms with van der Waals surface area (Å²) in [6, 6.07) is 7.78. The van der Waals surface area contributed by atoms with Gasteiger partial charge in [-0.25, -0.2) is 0 Å². The molecule has 19 heavy (non-hydrogen) atoms. The molecule has 0 aliphatic carbocycles. The maximum atomic E-state index is 11.8. The van der Waals surface area contributed by atoms with Gasteiger partial charge in [-0.05, 0) is 45.7 Å². The zero-order chi connectivity index (χ0) is 14.5. The molecule has 0 saturated carbocycles. The van der Waals surface area contributed by atoms with Crippen LogP contribution in [0.5, 0.6) is 0 Å². The van der Waals surface area contributed by atoms with Gasteiger partial charge in [0.05, 0.1) is 6.54 Å². The van der Waals surface area contributed by atoms with Crippen LogP contribution in [-0.2, 0) is 11.2 Å². The third kappa shape index (κ3) is 6.60. The SMILES string of the molecule is CC(Cc1ccccc1Cl)NC(=O)CNC(C)(C)C. The van der Waals surface area contributed by atoms with Crippen LogP contribution in [-0.4, -0.2) is 24.0 Å². The molecule has 1 rings (SSSR count). The van der Waals surface area contributed by atoms with E-state index in [1.54, 1.807) is 0 Å². The van der Waals surface area contributed by atoms with Crippen LogP contribution in [0.2, 0.25) is 5.02 Å². The summed E-state index contributed by atoms with van der Waals surface area (Å²) in [6.45, 7) is 8.42. The summed E-state index contributed by atoms with van der Waals surface area (Å²) in [4.78, 5) is 11.8. The van der Waals surface area contributed by atoms with E-state index in [9.17, 15) is 4.79 Å². The van der Waals surface area contributed by atoms with E-state index in [0.29, 0.717) is 6.54 Å². The first-order valence-corrected chi connectivity index (χ1v) is 6.93. The smallest absolute Gasteiger partial charge is 0.234 e. The Bertz CT molecular complexity index is 426. The molecule has 0 spiro atoms. The van der Waals surface area contributed by atoms with Crippen molar-refractivity contribution in [2.45, 2.75) is 45.7 Å². The minimum atomic E-state index is -0.0523. The number of rotatable bonds is 5. The lowest BCUT2D eigenvalue weighted by molar-refractivity contribution is -0.121. The minimum Gasteiger partial charge on any atom is -0.352 e. The van der Waals surface area contributed by atoms with Gasteiger partial charge >= 0.3 is 0 Å². The standard InChI is InChI=1S/C15H23ClN2O/c1-11(9-12-7-5-6-8-13(12)16)18-14(19)10-17-15(2,3)4/h5-8,11,17H,9-10H2,1-4H3,(H,18,19). The highest BCUT2D eigenvalue weighted by Gasteiger charge is 2.13. The second kappa shape index (κ2) is 6.92. The van der Waals surface area contributed by atoms with Crippen LogP contribution in [0.1, 0.15) is 33.3 Å². The maximum Gasteiger partial charge on any atom is 0.234 e. The molecule has 106 valence electrons. The van der Waals surface area contributed by atoms with E-state index >= 15 is 0 Å². The monoisotopic (exact) mass is 282 g/mol. The Kier molecular flexibility index (Phi) is 5.83. The Morgan fingerprint density at radius 2 is 1.95 bits per heavy atom. The highest BCUT2D eigenvalue weighted by Crippen LogP contribution is 2.16. The topological polar surface area (TPSA) is 41.1 Å². The zero-order valence-electron chi connectivity index (χ0n) is 12.1. The van der Waals surface area contributed by atoms with Gasteiger partial charge in [0.15, 0.2) is 0 Å². The molecule has 1 unspecified atom stereocenters. The number of carbonyl (C=O) groups excluding carboxylic acids is 1. The minimum absolute atomic E-state index is 0.00878. The van der Waals surface area contributed by atoms with Gasteiger partial charge in [-0.1, -0.05) is 29.8 Å². The fourth-order valence-electron chi connectivity index (χ4n) is 1.72. The molecule has 0 radical (unpaired) electrons. The van der Waals surface area contributed by atoms with Crippen molar-refractivity contribution < 1.29 is 4.79 Å². The average molecular weight is 283 g/mol. The summed E-state index contributed by atoms with van der Waals surface area (Å²) in [7, 11) is 0. The van der Waals surface area contributed by atoms with Gasteiger partial charge < -0.3 is 10.6 Å². The number of carbonyl (C=O) groups is 1. The van der Waals surface area contributed by atoms with E-state index in [1.807, 2.05) is 52.0 Å². The zero-order valence-corrected chi connectivity index (χ0v) is 12.8. The molecule has 4 heteroatoms. The number of benzene rings is 1. The van der Waals surface area contributed by atoms with Gasteiger partial charge in [0.2, 0.25) is 5.91 Å². The van der Waals surface area contributed by atoms with Crippen LogP contribution in [0.4, 0.5) is 0 Å². The van der Waals surface area contributed by atoms with Crippen molar-refractivity contribution in [2.24, 2.45) is 0 Å². The van der Waals surface area contributed by atoms with E-state index < -0.39 is 0 Å². The molecule has 0 bridgehead atoms. The highest BCUT2D eigenvalue weighted by atomic mass is 35.5. The molecule has 1 amide bonds. The molecule has 0 saturated heterocycles. The van der Waals surface area contributed by atoms with Gasteiger partial charge in [0.1, 0.15) is 0 Å².